The van der Waals surface area contributed by atoms with Gasteiger partial charge in [0.05, 0.1) is 6.21 Å². The molecule has 1 N–H and O–H groups in total. The standard InChI is InChI=1S/C19H19ClN4S/c1-19(2,3)15-8-4-13(5-9-15)12-21-24-17(22-23-18(24)25)14-6-10-16(20)11-7-14/h4-12H,1-3H3,(H,23,25)/b21-12-. The number of benzene rings is 2. The highest BCUT2D eigenvalue weighted by molar-refractivity contribution is 7.71. The topological polar surface area (TPSA) is 46.0 Å². The number of aromatic amines is 1. The molecule has 128 valence electrons. The molecule has 0 atom stereocenters. The maximum absolute atomic E-state index is 5.94. The molecule has 0 saturated heterocycles. The second kappa shape index (κ2) is 6.94. The summed E-state index contributed by atoms with van der Waals surface area (Å²) in [5.41, 5.74) is 3.30. The largest absolute Gasteiger partial charge is 0.250 e. The van der Waals surface area contributed by atoms with E-state index in [1.807, 2.05) is 24.3 Å². The molecule has 4 nitrogen and oxygen atoms in total. The predicted molar refractivity (Wildman–Crippen MR) is 106 cm³/mol. The Hall–Kier alpha value is -2.24. The summed E-state index contributed by atoms with van der Waals surface area (Å²) in [7, 11) is 0. The molecule has 0 spiro atoms. The van der Waals surface area contributed by atoms with Crippen molar-refractivity contribution in [1.82, 2.24) is 14.9 Å². The lowest BCUT2D eigenvalue weighted by Gasteiger charge is -2.18. The zero-order valence-electron chi connectivity index (χ0n) is 14.3. The van der Waals surface area contributed by atoms with Crippen LogP contribution in [0, 0.1) is 4.77 Å². The van der Waals surface area contributed by atoms with Crippen molar-refractivity contribution in [3.8, 4) is 11.4 Å². The van der Waals surface area contributed by atoms with E-state index >= 15 is 0 Å². The van der Waals surface area contributed by atoms with Crippen molar-refractivity contribution in [2.24, 2.45) is 5.10 Å². The molecule has 25 heavy (non-hydrogen) atoms. The fourth-order valence-electron chi connectivity index (χ4n) is 2.38. The second-order valence-electron chi connectivity index (χ2n) is 6.79. The Morgan fingerprint density at radius 3 is 2.32 bits per heavy atom. The van der Waals surface area contributed by atoms with Gasteiger partial charge in [0.15, 0.2) is 5.82 Å². The molecule has 0 fully saturated rings. The predicted octanol–water partition coefficient (Wildman–Crippen LogP) is 5.44. The molecule has 0 aliphatic rings. The molecule has 0 aliphatic carbocycles. The van der Waals surface area contributed by atoms with Gasteiger partial charge < -0.3 is 0 Å². The van der Waals surface area contributed by atoms with Crippen molar-refractivity contribution in [1.29, 1.82) is 0 Å². The molecular formula is C19H19ClN4S. The lowest BCUT2D eigenvalue weighted by atomic mass is 9.87. The number of nitrogens with one attached hydrogen (secondary N) is 1. The minimum atomic E-state index is 0.129. The van der Waals surface area contributed by atoms with Crippen LogP contribution >= 0.6 is 23.8 Å². The van der Waals surface area contributed by atoms with Crippen LogP contribution in [0.2, 0.25) is 5.02 Å². The van der Waals surface area contributed by atoms with Gasteiger partial charge in [-0.2, -0.15) is 14.9 Å². The minimum absolute atomic E-state index is 0.129. The highest BCUT2D eigenvalue weighted by atomic mass is 35.5. The summed E-state index contributed by atoms with van der Waals surface area (Å²) in [5, 5.41) is 12.2. The average molecular weight is 371 g/mol. The lowest BCUT2D eigenvalue weighted by molar-refractivity contribution is 0.590. The van der Waals surface area contributed by atoms with Crippen LogP contribution in [0.25, 0.3) is 11.4 Å². The van der Waals surface area contributed by atoms with E-state index in [4.69, 9.17) is 23.8 Å². The SMILES string of the molecule is CC(C)(C)c1ccc(/C=N\n2c(-c3ccc(Cl)cc3)n[nH]c2=S)cc1. The Balaban J connectivity index is 1.90. The number of rotatable bonds is 3. The van der Waals surface area contributed by atoms with Crippen LogP contribution in [-0.2, 0) is 5.41 Å². The maximum Gasteiger partial charge on any atom is 0.216 e. The Labute approximate surface area is 157 Å². The normalized spacial score (nSPS) is 12.0. The van der Waals surface area contributed by atoms with E-state index in [-0.39, 0.29) is 5.41 Å². The summed E-state index contributed by atoms with van der Waals surface area (Å²) in [4.78, 5) is 0. The lowest BCUT2D eigenvalue weighted by Crippen LogP contribution is -2.10. The third-order valence-corrected chi connectivity index (χ3v) is 4.37. The number of nitrogens with zero attached hydrogens (tertiary/aromatic N) is 3. The molecule has 0 bridgehead atoms. The third kappa shape index (κ3) is 4.06. The quantitative estimate of drug-likeness (QED) is 0.492. The van der Waals surface area contributed by atoms with Gasteiger partial charge in [0.1, 0.15) is 0 Å². The van der Waals surface area contributed by atoms with E-state index in [0.717, 1.165) is 11.1 Å². The van der Waals surface area contributed by atoms with Crippen molar-refractivity contribution in [3.63, 3.8) is 0 Å². The summed E-state index contributed by atoms with van der Waals surface area (Å²) in [6, 6.07) is 15.7. The molecule has 1 heterocycles. The minimum Gasteiger partial charge on any atom is -0.250 e. The van der Waals surface area contributed by atoms with Gasteiger partial charge in [-0.15, -0.1) is 0 Å². The number of halogens is 1. The molecule has 3 rings (SSSR count). The first kappa shape index (κ1) is 17.6. The smallest absolute Gasteiger partial charge is 0.216 e. The zero-order chi connectivity index (χ0) is 18.0. The summed E-state index contributed by atoms with van der Waals surface area (Å²) in [5.74, 6) is 0.643. The number of H-pyrrole nitrogens is 1. The summed E-state index contributed by atoms with van der Waals surface area (Å²) < 4.78 is 2.04. The average Bonchev–Trinajstić information content (AvgIpc) is 2.94. The molecule has 0 saturated carbocycles. The fraction of sp³-hybridized carbons (Fsp3) is 0.211. The van der Waals surface area contributed by atoms with Gasteiger partial charge in [0, 0.05) is 10.6 Å². The first-order chi connectivity index (χ1) is 11.8. The van der Waals surface area contributed by atoms with Gasteiger partial charge in [0.25, 0.3) is 0 Å². The van der Waals surface area contributed by atoms with Crippen LogP contribution < -0.4 is 0 Å². The van der Waals surface area contributed by atoms with E-state index in [1.165, 1.54) is 5.56 Å². The zero-order valence-corrected chi connectivity index (χ0v) is 15.9. The third-order valence-electron chi connectivity index (χ3n) is 3.85. The van der Waals surface area contributed by atoms with Crippen molar-refractivity contribution in [2.75, 3.05) is 0 Å². The highest BCUT2D eigenvalue weighted by Gasteiger charge is 2.12. The van der Waals surface area contributed by atoms with Crippen LogP contribution in [0.15, 0.2) is 53.6 Å². The molecular weight excluding hydrogens is 352 g/mol. The molecule has 1 aromatic heterocycles. The fourth-order valence-corrected chi connectivity index (χ4v) is 2.68. The molecule has 0 unspecified atom stereocenters. The summed E-state index contributed by atoms with van der Waals surface area (Å²) in [6.07, 6.45) is 1.77. The van der Waals surface area contributed by atoms with Crippen molar-refractivity contribution in [2.45, 2.75) is 26.2 Å². The van der Waals surface area contributed by atoms with E-state index < -0.39 is 0 Å². The van der Waals surface area contributed by atoms with Crippen LogP contribution in [0.3, 0.4) is 0 Å². The van der Waals surface area contributed by atoms with Crippen molar-refractivity contribution >= 4 is 30.0 Å². The Morgan fingerprint density at radius 1 is 1.08 bits per heavy atom. The van der Waals surface area contributed by atoms with E-state index in [2.05, 4.69) is 60.3 Å². The van der Waals surface area contributed by atoms with Crippen LogP contribution in [-0.4, -0.2) is 21.1 Å². The van der Waals surface area contributed by atoms with Crippen molar-refractivity contribution < 1.29 is 0 Å². The van der Waals surface area contributed by atoms with Gasteiger partial charge in [-0.1, -0.05) is 56.6 Å². The van der Waals surface area contributed by atoms with E-state index in [0.29, 0.717) is 15.6 Å². The maximum atomic E-state index is 5.94. The molecule has 6 heteroatoms. The molecule has 0 radical (unpaired) electrons. The van der Waals surface area contributed by atoms with Gasteiger partial charge in [0.2, 0.25) is 4.77 Å². The Bertz CT molecular complexity index is 945. The number of hydrogen-bond donors (Lipinski definition) is 1. The first-order valence-electron chi connectivity index (χ1n) is 7.93. The molecule has 0 aliphatic heterocycles. The molecule has 2 aromatic carbocycles. The summed E-state index contributed by atoms with van der Waals surface area (Å²) in [6.45, 7) is 6.58. The monoisotopic (exact) mass is 370 g/mol. The van der Waals surface area contributed by atoms with Crippen LogP contribution in [0.1, 0.15) is 31.9 Å². The molecule has 0 amide bonds. The van der Waals surface area contributed by atoms with Crippen molar-refractivity contribution in [3.05, 3.63) is 69.5 Å². The van der Waals surface area contributed by atoms with Gasteiger partial charge >= 0.3 is 0 Å². The highest BCUT2D eigenvalue weighted by Crippen LogP contribution is 2.22. The van der Waals surface area contributed by atoms with Gasteiger partial charge in [-0.05, 0) is 53.0 Å². The van der Waals surface area contributed by atoms with E-state index in [9.17, 15) is 0 Å². The van der Waals surface area contributed by atoms with Crippen LogP contribution in [0.4, 0.5) is 0 Å². The number of aromatic nitrogens is 3. The summed E-state index contributed by atoms with van der Waals surface area (Å²) >= 11 is 11.2. The Morgan fingerprint density at radius 2 is 1.72 bits per heavy atom. The van der Waals surface area contributed by atoms with Crippen LogP contribution in [0.5, 0.6) is 0 Å². The van der Waals surface area contributed by atoms with Gasteiger partial charge in [-0.3, -0.25) is 0 Å². The number of hydrogen-bond acceptors (Lipinski definition) is 3. The van der Waals surface area contributed by atoms with E-state index in [1.54, 1.807) is 10.9 Å². The Kier molecular flexibility index (Phi) is 4.88. The van der Waals surface area contributed by atoms with Gasteiger partial charge in [-0.25, -0.2) is 5.10 Å². The second-order valence-corrected chi connectivity index (χ2v) is 7.61. The molecule has 3 aromatic rings. The first-order valence-corrected chi connectivity index (χ1v) is 8.71.